The van der Waals surface area contributed by atoms with E-state index in [1.807, 2.05) is 44.2 Å². The van der Waals surface area contributed by atoms with Gasteiger partial charge in [0.2, 0.25) is 5.82 Å². The van der Waals surface area contributed by atoms with Crippen LogP contribution < -0.4 is 5.32 Å². The molecule has 2 aromatic carbocycles. The van der Waals surface area contributed by atoms with Crippen molar-refractivity contribution in [3.8, 4) is 11.3 Å². The highest BCUT2D eigenvalue weighted by Gasteiger charge is 2.17. The van der Waals surface area contributed by atoms with Gasteiger partial charge in [0.15, 0.2) is 0 Å². The van der Waals surface area contributed by atoms with E-state index in [0.29, 0.717) is 16.9 Å². The molecule has 1 heterocycles. The Kier molecular flexibility index (Phi) is 7.21. The molecule has 0 saturated carbocycles. The fourth-order valence-corrected chi connectivity index (χ4v) is 2.41. The summed E-state index contributed by atoms with van der Waals surface area (Å²) >= 11 is 0. The number of carbonyl (C=O) groups excluding carboxylic acids is 1. The van der Waals surface area contributed by atoms with Crippen molar-refractivity contribution in [1.82, 2.24) is 4.98 Å². The maximum Gasteiger partial charge on any atom is 0.337 e. The molecule has 7 heteroatoms. The molecule has 0 aliphatic heterocycles. The summed E-state index contributed by atoms with van der Waals surface area (Å²) in [6, 6.07) is 18.8. The van der Waals surface area contributed by atoms with Gasteiger partial charge in [-0.3, -0.25) is 10.1 Å². The minimum Gasteiger partial charge on any atom is -0.465 e. The third-order valence-electron chi connectivity index (χ3n) is 3.71. The van der Waals surface area contributed by atoms with E-state index in [9.17, 15) is 14.9 Å². The maximum absolute atomic E-state index is 11.5. The lowest BCUT2D eigenvalue weighted by atomic mass is 10.1. The molecule has 1 aromatic heterocycles. The Morgan fingerprint density at radius 3 is 2.21 bits per heavy atom. The number of nitrogens with one attached hydrogen (secondary N) is 1. The molecule has 7 nitrogen and oxygen atoms in total. The number of hydrogen-bond donors (Lipinski definition) is 1. The van der Waals surface area contributed by atoms with Gasteiger partial charge in [0, 0.05) is 17.3 Å². The topological polar surface area (TPSA) is 94.4 Å². The number of nitro groups is 1. The third-order valence-corrected chi connectivity index (χ3v) is 3.71. The molecule has 0 fully saturated rings. The number of esters is 1. The zero-order valence-electron chi connectivity index (χ0n) is 15.9. The SMILES string of the molecule is CC.COC(=O)c1ccc(Nc2nc(-c3ccccc3)ccc2[N+](=O)[O-])cc1. The molecule has 0 amide bonds. The molecule has 28 heavy (non-hydrogen) atoms. The van der Waals surface area contributed by atoms with E-state index in [4.69, 9.17) is 0 Å². The van der Waals surface area contributed by atoms with Crippen LogP contribution in [0.4, 0.5) is 17.2 Å². The average Bonchev–Trinajstić information content (AvgIpc) is 2.75. The van der Waals surface area contributed by atoms with Crippen molar-refractivity contribution in [3.63, 3.8) is 0 Å². The summed E-state index contributed by atoms with van der Waals surface area (Å²) in [5.41, 5.74) is 2.29. The first-order valence-corrected chi connectivity index (χ1v) is 8.75. The first-order valence-electron chi connectivity index (χ1n) is 8.75. The second-order valence-corrected chi connectivity index (χ2v) is 5.38. The van der Waals surface area contributed by atoms with Crippen molar-refractivity contribution < 1.29 is 14.5 Å². The summed E-state index contributed by atoms with van der Waals surface area (Å²) in [5, 5.41) is 14.2. The van der Waals surface area contributed by atoms with E-state index in [2.05, 4.69) is 15.0 Å². The van der Waals surface area contributed by atoms with Crippen LogP contribution in [0.5, 0.6) is 0 Å². The van der Waals surface area contributed by atoms with Gasteiger partial charge in [0.25, 0.3) is 0 Å². The van der Waals surface area contributed by atoms with Crippen LogP contribution in [0.15, 0.2) is 66.7 Å². The molecular weight excluding hydrogens is 358 g/mol. The molecule has 0 unspecified atom stereocenters. The van der Waals surface area contributed by atoms with Gasteiger partial charge in [-0.15, -0.1) is 0 Å². The highest BCUT2D eigenvalue weighted by molar-refractivity contribution is 5.89. The molecule has 0 aliphatic carbocycles. The van der Waals surface area contributed by atoms with Gasteiger partial charge < -0.3 is 10.1 Å². The Bertz CT molecular complexity index is 942. The van der Waals surface area contributed by atoms with E-state index in [1.165, 1.54) is 13.2 Å². The van der Waals surface area contributed by atoms with Crippen molar-refractivity contribution in [2.45, 2.75) is 13.8 Å². The Labute approximate surface area is 163 Å². The van der Waals surface area contributed by atoms with Gasteiger partial charge in [0.1, 0.15) is 0 Å². The van der Waals surface area contributed by atoms with Gasteiger partial charge in [-0.05, 0) is 30.3 Å². The van der Waals surface area contributed by atoms with E-state index in [1.54, 1.807) is 30.3 Å². The number of methoxy groups -OCH3 is 1. The molecule has 0 spiro atoms. The van der Waals surface area contributed by atoms with Crippen LogP contribution in [0.2, 0.25) is 0 Å². The van der Waals surface area contributed by atoms with Crippen molar-refractivity contribution in [2.75, 3.05) is 12.4 Å². The monoisotopic (exact) mass is 379 g/mol. The molecule has 3 aromatic rings. The fourth-order valence-electron chi connectivity index (χ4n) is 2.41. The van der Waals surface area contributed by atoms with Crippen LogP contribution in [-0.4, -0.2) is 23.0 Å². The Hall–Kier alpha value is -3.74. The molecular formula is C21H21N3O4. The van der Waals surface area contributed by atoms with Crippen molar-refractivity contribution in [2.24, 2.45) is 0 Å². The molecule has 0 aliphatic rings. The number of carbonyl (C=O) groups is 1. The number of hydrogen-bond acceptors (Lipinski definition) is 6. The maximum atomic E-state index is 11.5. The van der Waals surface area contributed by atoms with Crippen LogP contribution in [0, 0.1) is 10.1 Å². The van der Waals surface area contributed by atoms with E-state index in [0.717, 1.165) is 5.56 Å². The van der Waals surface area contributed by atoms with Crippen molar-refractivity contribution >= 4 is 23.2 Å². The quantitative estimate of drug-likeness (QED) is 0.371. The third kappa shape index (κ3) is 4.91. The van der Waals surface area contributed by atoms with Crippen molar-refractivity contribution in [3.05, 3.63) is 82.4 Å². The average molecular weight is 379 g/mol. The largest absolute Gasteiger partial charge is 0.465 e. The number of anilines is 2. The Balaban J connectivity index is 0.00000136. The van der Waals surface area contributed by atoms with Gasteiger partial charge in [-0.2, -0.15) is 0 Å². The normalized spacial score (nSPS) is 9.68. The minimum atomic E-state index is -0.493. The predicted molar refractivity (Wildman–Crippen MR) is 109 cm³/mol. The lowest BCUT2D eigenvalue weighted by Crippen LogP contribution is -2.03. The summed E-state index contributed by atoms with van der Waals surface area (Å²) in [7, 11) is 1.30. The number of nitrogens with zero attached hydrogens (tertiary/aromatic N) is 2. The zero-order chi connectivity index (χ0) is 20.5. The summed E-state index contributed by atoms with van der Waals surface area (Å²) in [5.74, 6) is -0.325. The number of pyridine rings is 1. The molecule has 0 atom stereocenters. The second kappa shape index (κ2) is 9.82. The lowest BCUT2D eigenvalue weighted by Gasteiger charge is -2.09. The zero-order valence-corrected chi connectivity index (χ0v) is 15.9. The minimum absolute atomic E-state index is 0.127. The first-order chi connectivity index (χ1) is 13.6. The highest BCUT2D eigenvalue weighted by atomic mass is 16.6. The van der Waals surface area contributed by atoms with Gasteiger partial charge in [0.05, 0.1) is 23.3 Å². The Morgan fingerprint density at radius 2 is 1.64 bits per heavy atom. The van der Waals surface area contributed by atoms with Crippen LogP contribution >= 0.6 is 0 Å². The number of rotatable bonds is 5. The van der Waals surface area contributed by atoms with Crippen LogP contribution in [0.1, 0.15) is 24.2 Å². The molecule has 1 N–H and O–H groups in total. The lowest BCUT2D eigenvalue weighted by molar-refractivity contribution is -0.384. The number of benzene rings is 2. The van der Waals surface area contributed by atoms with Crippen LogP contribution in [0.25, 0.3) is 11.3 Å². The van der Waals surface area contributed by atoms with Gasteiger partial charge in [-0.1, -0.05) is 44.2 Å². The second-order valence-electron chi connectivity index (χ2n) is 5.38. The van der Waals surface area contributed by atoms with E-state index in [-0.39, 0.29) is 11.5 Å². The van der Waals surface area contributed by atoms with E-state index >= 15 is 0 Å². The van der Waals surface area contributed by atoms with Crippen LogP contribution in [-0.2, 0) is 4.74 Å². The van der Waals surface area contributed by atoms with E-state index < -0.39 is 10.9 Å². The fraction of sp³-hybridized carbons (Fsp3) is 0.143. The molecule has 0 bridgehead atoms. The summed E-state index contributed by atoms with van der Waals surface area (Å²) in [6.07, 6.45) is 0. The summed E-state index contributed by atoms with van der Waals surface area (Å²) in [6.45, 7) is 4.00. The summed E-state index contributed by atoms with van der Waals surface area (Å²) < 4.78 is 4.65. The number of ether oxygens (including phenoxy) is 1. The standard InChI is InChI=1S/C19H15N3O4.C2H6/c1-26-19(23)14-7-9-15(10-8-14)20-18-17(22(24)25)12-11-16(21-18)13-5-3-2-4-6-13;1-2/h2-12H,1H3,(H,20,21);1-2H3. The number of aromatic nitrogens is 1. The molecule has 3 rings (SSSR count). The predicted octanol–water partition coefficient (Wildman–Crippen LogP) is 5.21. The smallest absolute Gasteiger partial charge is 0.337 e. The van der Waals surface area contributed by atoms with Gasteiger partial charge in [-0.25, -0.2) is 9.78 Å². The van der Waals surface area contributed by atoms with Crippen LogP contribution in [0.3, 0.4) is 0 Å². The molecule has 0 saturated heterocycles. The first kappa shape index (κ1) is 20.6. The summed E-state index contributed by atoms with van der Waals surface area (Å²) in [4.78, 5) is 26.7. The Morgan fingerprint density at radius 1 is 1.00 bits per heavy atom. The van der Waals surface area contributed by atoms with Gasteiger partial charge >= 0.3 is 11.7 Å². The molecule has 0 radical (unpaired) electrons. The highest BCUT2D eigenvalue weighted by Crippen LogP contribution is 2.29. The van der Waals surface area contributed by atoms with Crippen molar-refractivity contribution in [1.29, 1.82) is 0 Å². The molecule has 144 valence electrons.